The van der Waals surface area contributed by atoms with E-state index in [0.717, 1.165) is 12.1 Å². The molecule has 2 rings (SSSR count). The molecule has 0 aliphatic heterocycles. The van der Waals surface area contributed by atoms with Gasteiger partial charge in [0.05, 0.1) is 18.1 Å². The van der Waals surface area contributed by atoms with Crippen molar-refractivity contribution in [3.05, 3.63) is 75.8 Å². The van der Waals surface area contributed by atoms with Crippen molar-refractivity contribution < 1.29 is 33.9 Å². The zero-order valence-corrected chi connectivity index (χ0v) is 17.1. The molecule has 2 aromatic carbocycles. The molecule has 0 aromatic heterocycles. The summed E-state index contributed by atoms with van der Waals surface area (Å²) in [5.74, 6) is -4.38. The SMILES string of the molecule is CCOC(=O)C(O)(C(=O)OCC)C(CC(=O)c1ccccc1)c1ccc([N+](=O)[O-])cc1. The number of aliphatic hydroxyl groups is 1. The van der Waals surface area contributed by atoms with Crippen molar-refractivity contribution >= 4 is 23.4 Å². The van der Waals surface area contributed by atoms with Gasteiger partial charge in [0.25, 0.3) is 11.3 Å². The number of Topliss-reactive ketones (excluding diaryl/α,β-unsaturated/α-hetero) is 1. The van der Waals surface area contributed by atoms with E-state index in [9.17, 15) is 29.6 Å². The molecule has 0 saturated carbocycles. The molecule has 0 heterocycles. The monoisotopic (exact) mass is 429 g/mol. The highest BCUT2D eigenvalue weighted by atomic mass is 16.6. The lowest BCUT2D eigenvalue weighted by molar-refractivity contribution is -0.384. The van der Waals surface area contributed by atoms with Gasteiger partial charge in [0.2, 0.25) is 0 Å². The molecule has 9 heteroatoms. The Kier molecular flexibility index (Phi) is 7.98. The van der Waals surface area contributed by atoms with Crippen LogP contribution in [0.15, 0.2) is 54.6 Å². The van der Waals surface area contributed by atoms with Gasteiger partial charge in [-0.25, -0.2) is 9.59 Å². The molecular formula is C22H23NO8. The maximum atomic E-state index is 12.9. The predicted octanol–water partition coefficient (Wildman–Crippen LogP) is 2.81. The van der Waals surface area contributed by atoms with Gasteiger partial charge in [-0.05, 0) is 19.4 Å². The van der Waals surface area contributed by atoms with E-state index in [1.807, 2.05) is 0 Å². The van der Waals surface area contributed by atoms with Crippen LogP contribution in [0.5, 0.6) is 0 Å². The van der Waals surface area contributed by atoms with E-state index in [1.165, 1.54) is 26.0 Å². The van der Waals surface area contributed by atoms with Gasteiger partial charge in [0, 0.05) is 30.0 Å². The van der Waals surface area contributed by atoms with Crippen LogP contribution in [-0.4, -0.2) is 46.6 Å². The predicted molar refractivity (Wildman–Crippen MR) is 109 cm³/mol. The van der Waals surface area contributed by atoms with E-state index in [-0.39, 0.29) is 24.5 Å². The highest BCUT2D eigenvalue weighted by Gasteiger charge is 2.55. The highest BCUT2D eigenvalue weighted by Crippen LogP contribution is 2.36. The molecule has 31 heavy (non-hydrogen) atoms. The van der Waals surface area contributed by atoms with Crippen LogP contribution >= 0.6 is 0 Å². The van der Waals surface area contributed by atoms with Crippen molar-refractivity contribution in [1.82, 2.24) is 0 Å². The smallest absolute Gasteiger partial charge is 0.350 e. The van der Waals surface area contributed by atoms with Crippen molar-refractivity contribution in [3.8, 4) is 0 Å². The number of non-ortho nitro benzene ring substituents is 1. The molecule has 1 unspecified atom stereocenters. The number of benzene rings is 2. The summed E-state index contributed by atoms with van der Waals surface area (Å²) in [6.45, 7) is 2.75. The fourth-order valence-electron chi connectivity index (χ4n) is 3.11. The molecule has 0 spiro atoms. The first-order valence-electron chi connectivity index (χ1n) is 9.65. The third-order valence-electron chi connectivity index (χ3n) is 4.67. The van der Waals surface area contributed by atoms with Gasteiger partial charge >= 0.3 is 11.9 Å². The quantitative estimate of drug-likeness (QED) is 0.200. The number of carbonyl (C=O) groups is 3. The molecule has 0 radical (unpaired) electrons. The van der Waals surface area contributed by atoms with E-state index >= 15 is 0 Å². The second-order valence-corrected chi connectivity index (χ2v) is 6.60. The summed E-state index contributed by atoms with van der Waals surface area (Å²) >= 11 is 0. The molecule has 0 aliphatic rings. The lowest BCUT2D eigenvalue weighted by Crippen LogP contribution is -2.54. The van der Waals surface area contributed by atoms with Gasteiger partial charge in [-0.3, -0.25) is 14.9 Å². The zero-order chi connectivity index (χ0) is 23.0. The second kappa shape index (κ2) is 10.4. The molecule has 0 aliphatic carbocycles. The Morgan fingerprint density at radius 3 is 1.94 bits per heavy atom. The number of nitrogens with zero attached hydrogens (tertiary/aromatic N) is 1. The van der Waals surface area contributed by atoms with E-state index in [0.29, 0.717) is 5.56 Å². The van der Waals surface area contributed by atoms with Crippen LogP contribution in [0.1, 0.15) is 42.1 Å². The Morgan fingerprint density at radius 2 is 1.48 bits per heavy atom. The number of nitro benzene ring substituents is 1. The molecule has 2 aromatic rings. The molecule has 0 bridgehead atoms. The van der Waals surface area contributed by atoms with Crippen LogP contribution in [0.2, 0.25) is 0 Å². The minimum atomic E-state index is -2.83. The minimum Gasteiger partial charge on any atom is -0.463 e. The molecule has 9 nitrogen and oxygen atoms in total. The Hall–Kier alpha value is -3.59. The number of esters is 2. The Labute approximate surface area is 178 Å². The van der Waals surface area contributed by atoms with Crippen LogP contribution in [0.3, 0.4) is 0 Å². The van der Waals surface area contributed by atoms with Gasteiger partial charge in [0.15, 0.2) is 5.78 Å². The maximum Gasteiger partial charge on any atom is 0.350 e. The third-order valence-corrected chi connectivity index (χ3v) is 4.67. The maximum absolute atomic E-state index is 12.9. The summed E-state index contributed by atoms with van der Waals surface area (Å²) in [6, 6.07) is 13.0. The third kappa shape index (κ3) is 5.32. The van der Waals surface area contributed by atoms with Crippen LogP contribution in [-0.2, 0) is 19.1 Å². The fourth-order valence-corrected chi connectivity index (χ4v) is 3.11. The lowest BCUT2D eigenvalue weighted by atomic mass is 9.77. The molecular weight excluding hydrogens is 406 g/mol. The van der Waals surface area contributed by atoms with E-state index in [2.05, 4.69) is 0 Å². The van der Waals surface area contributed by atoms with Crippen LogP contribution in [0.25, 0.3) is 0 Å². The first-order chi connectivity index (χ1) is 14.7. The number of nitro groups is 1. The van der Waals surface area contributed by atoms with Crippen LogP contribution in [0.4, 0.5) is 5.69 Å². The number of hydrogen-bond donors (Lipinski definition) is 1. The van der Waals surface area contributed by atoms with Gasteiger partial charge in [-0.1, -0.05) is 42.5 Å². The summed E-state index contributed by atoms with van der Waals surface area (Å²) in [7, 11) is 0. The van der Waals surface area contributed by atoms with Crippen molar-refractivity contribution in [1.29, 1.82) is 0 Å². The number of hydrogen-bond acceptors (Lipinski definition) is 8. The van der Waals surface area contributed by atoms with Crippen molar-refractivity contribution in [2.75, 3.05) is 13.2 Å². The average Bonchev–Trinajstić information content (AvgIpc) is 2.77. The second-order valence-electron chi connectivity index (χ2n) is 6.60. The first kappa shape index (κ1) is 23.7. The Bertz CT molecular complexity index is 922. The van der Waals surface area contributed by atoms with Gasteiger partial charge < -0.3 is 14.6 Å². The summed E-state index contributed by atoms with van der Waals surface area (Å²) in [4.78, 5) is 48.6. The topological polar surface area (TPSA) is 133 Å². The summed E-state index contributed by atoms with van der Waals surface area (Å²) in [5, 5.41) is 22.2. The number of ketones is 1. The van der Waals surface area contributed by atoms with E-state index in [1.54, 1.807) is 30.3 Å². The Balaban J connectivity index is 2.58. The highest BCUT2D eigenvalue weighted by molar-refractivity contribution is 6.06. The largest absolute Gasteiger partial charge is 0.463 e. The molecule has 1 N–H and O–H groups in total. The first-order valence-corrected chi connectivity index (χ1v) is 9.65. The zero-order valence-electron chi connectivity index (χ0n) is 17.1. The normalized spacial score (nSPS) is 12.0. The number of carbonyl (C=O) groups excluding carboxylic acids is 3. The summed E-state index contributed by atoms with van der Waals surface area (Å²) in [6.07, 6.45) is -0.448. The minimum absolute atomic E-state index is 0.125. The fraction of sp³-hybridized carbons (Fsp3) is 0.318. The van der Waals surface area contributed by atoms with E-state index < -0.39 is 40.6 Å². The summed E-state index contributed by atoms with van der Waals surface area (Å²) < 4.78 is 9.83. The number of ether oxygens (including phenoxy) is 2. The van der Waals surface area contributed by atoms with Crippen molar-refractivity contribution in [2.24, 2.45) is 0 Å². The van der Waals surface area contributed by atoms with Crippen LogP contribution in [0, 0.1) is 10.1 Å². The van der Waals surface area contributed by atoms with Gasteiger partial charge in [-0.2, -0.15) is 0 Å². The standard InChI is InChI=1S/C22H23NO8/c1-3-30-20(25)22(27,21(26)31-4-2)18(14-19(24)16-8-6-5-7-9-16)15-10-12-17(13-11-15)23(28)29/h5-13,18,27H,3-4,14H2,1-2H3. The van der Waals surface area contributed by atoms with Crippen molar-refractivity contribution in [3.63, 3.8) is 0 Å². The van der Waals surface area contributed by atoms with Gasteiger partial charge in [-0.15, -0.1) is 0 Å². The Morgan fingerprint density at radius 1 is 0.968 bits per heavy atom. The molecule has 0 saturated heterocycles. The molecule has 0 amide bonds. The van der Waals surface area contributed by atoms with Gasteiger partial charge in [0.1, 0.15) is 0 Å². The van der Waals surface area contributed by atoms with Crippen LogP contribution < -0.4 is 0 Å². The van der Waals surface area contributed by atoms with E-state index in [4.69, 9.17) is 9.47 Å². The number of rotatable bonds is 10. The van der Waals surface area contributed by atoms with Crippen molar-refractivity contribution in [2.45, 2.75) is 31.8 Å². The molecule has 164 valence electrons. The average molecular weight is 429 g/mol. The summed E-state index contributed by atoms with van der Waals surface area (Å²) in [5.41, 5.74) is -2.58. The molecule has 0 fully saturated rings. The lowest BCUT2D eigenvalue weighted by Gasteiger charge is -2.31. The molecule has 1 atom stereocenters.